The summed E-state index contributed by atoms with van der Waals surface area (Å²) in [5.74, 6) is -1.18. The van der Waals surface area contributed by atoms with E-state index in [2.05, 4.69) is 0 Å². The first-order valence-electron chi connectivity index (χ1n) is 6.37. The summed E-state index contributed by atoms with van der Waals surface area (Å²) in [5, 5.41) is 0. The van der Waals surface area contributed by atoms with Gasteiger partial charge in [-0.2, -0.15) is 4.58 Å². The zero-order valence-corrected chi connectivity index (χ0v) is 11.3. The summed E-state index contributed by atoms with van der Waals surface area (Å²) in [6, 6.07) is 8.60. The van der Waals surface area contributed by atoms with Gasteiger partial charge in [-0.3, -0.25) is 0 Å². The average molecular weight is 287 g/mol. The Morgan fingerprint density at radius 3 is 2.48 bits per heavy atom. The standard InChI is InChI=1S/C16H13F2N2O/c1-10-8-20(9-10)15-5-2-11(19)6-16(15)21-12-3-4-13(17)14(18)7-12/h2-9H,19H2,1H3/q+1. The first kappa shape index (κ1) is 13.3. The Kier molecular flexibility index (Phi) is 3.17. The minimum atomic E-state index is -0.954. The van der Waals surface area contributed by atoms with E-state index in [0.717, 1.165) is 23.4 Å². The molecule has 0 unspecified atom stereocenters. The predicted molar refractivity (Wildman–Crippen MR) is 77.0 cm³/mol. The number of allylic oxidation sites excluding steroid dienone is 1. The molecule has 1 heterocycles. The number of nitrogens with two attached hydrogens (primary N) is 1. The summed E-state index contributed by atoms with van der Waals surface area (Å²) in [5.41, 5.74) is 8.20. The number of anilines is 1. The molecule has 2 aromatic rings. The molecule has 1 aliphatic rings. The van der Waals surface area contributed by atoms with Gasteiger partial charge in [0.15, 0.2) is 24.0 Å². The molecule has 2 N–H and O–H groups in total. The minimum absolute atomic E-state index is 0.210. The molecular weight excluding hydrogens is 274 g/mol. The van der Waals surface area contributed by atoms with Gasteiger partial charge in [-0.05, 0) is 25.1 Å². The van der Waals surface area contributed by atoms with Crippen molar-refractivity contribution in [1.82, 2.24) is 0 Å². The monoisotopic (exact) mass is 287 g/mol. The van der Waals surface area contributed by atoms with E-state index in [-0.39, 0.29) is 5.75 Å². The zero-order valence-electron chi connectivity index (χ0n) is 11.3. The lowest BCUT2D eigenvalue weighted by Gasteiger charge is -2.11. The SMILES string of the molecule is CC1=C[N+](c2ccc(N)cc2Oc2ccc(F)c(F)c2)=C1. The molecule has 3 nitrogen and oxygen atoms in total. The fourth-order valence-corrected chi connectivity index (χ4v) is 2.06. The van der Waals surface area contributed by atoms with Gasteiger partial charge < -0.3 is 10.5 Å². The molecular formula is C16H13F2N2O+. The molecule has 0 radical (unpaired) electrons. The van der Waals surface area contributed by atoms with Gasteiger partial charge in [-0.15, -0.1) is 0 Å². The van der Waals surface area contributed by atoms with Gasteiger partial charge in [-0.25, -0.2) is 8.78 Å². The fourth-order valence-electron chi connectivity index (χ4n) is 2.06. The van der Waals surface area contributed by atoms with E-state index in [4.69, 9.17) is 10.5 Å². The van der Waals surface area contributed by atoms with Crippen LogP contribution in [0.25, 0.3) is 0 Å². The van der Waals surface area contributed by atoms with Crippen molar-refractivity contribution >= 4 is 17.6 Å². The molecule has 0 fully saturated rings. The number of rotatable bonds is 3. The maximum atomic E-state index is 13.2. The van der Waals surface area contributed by atoms with Gasteiger partial charge in [-0.1, -0.05) is 0 Å². The normalized spacial score (nSPS) is 13.3. The van der Waals surface area contributed by atoms with Crippen LogP contribution in [-0.4, -0.2) is 10.8 Å². The first-order chi connectivity index (χ1) is 10.0. The Labute approximate surface area is 120 Å². The molecule has 5 heteroatoms. The van der Waals surface area contributed by atoms with Gasteiger partial charge in [0.25, 0.3) is 5.69 Å². The molecule has 3 rings (SSSR count). The van der Waals surface area contributed by atoms with Crippen molar-refractivity contribution < 1.29 is 18.1 Å². The third-order valence-corrected chi connectivity index (χ3v) is 3.07. The Balaban J connectivity index is 1.95. The molecule has 0 aromatic heterocycles. The summed E-state index contributed by atoms with van der Waals surface area (Å²) in [7, 11) is 0. The highest BCUT2D eigenvalue weighted by atomic mass is 19.2. The fraction of sp³-hybridized carbons (Fsp3) is 0.0625. The van der Waals surface area contributed by atoms with Crippen LogP contribution in [0.4, 0.5) is 20.2 Å². The number of hydrogen-bond acceptors (Lipinski definition) is 2. The van der Waals surface area contributed by atoms with Gasteiger partial charge >= 0.3 is 0 Å². The second kappa shape index (κ2) is 5.01. The molecule has 2 aromatic carbocycles. The molecule has 0 saturated heterocycles. The highest BCUT2D eigenvalue weighted by Crippen LogP contribution is 2.35. The van der Waals surface area contributed by atoms with Crippen LogP contribution in [0, 0.1) is 11.6 Å². The smallest absolute Gasteiger partial charge is 0.253 e. The molecule has 0 bridgehead atoms. The zero-order chi connectivity index (χ0) is 15.0. The van der Waals surface area contributed by atoms with Gasteiger partial charge in [0.2, 0.25) is 5.75 Å². The highest BCUT2D eigenvalue weighted by Gasteiger charge is 2.21. The largest absolute Gasteiger partial charge is 0.450 e. The first-order valence-corrected chi connectivity index (χ1v) is 6.37. The van der Waals surface area contributed by atoms with Crippen molar-refractivity contribution in [3.8, 4) is 11.5 Å². The van der Waals surface area contributed by atoms with Gasteiger partial charge in [0, 0.05) is 23.9 Å². The van der Waals surface area contributed by atoms with Crippen LogP contribution in [0.3, 0.4) is 0 Å². The third-order valence-electron chi connectivity index (χ3n) is 3.07. The molecule has 0 aliphatic carbocycles. The van der Waals surface area contributed by atoms with E-state index in [1.807, 2.05) is 30.0 Å². The van der Waals surface area contributed by atoms with E-state index in [1.54, 1.807) is 12.1 Å². The number of benzene rings is 2. The van der Waals surface area contributed by atoms with Crippen LogP contribution in [0.5, 0.6) is 11.5 Å². The number of ether oxygens (including phenoxy) is 1. The maximum absolute atomic E-state index is 13.2. The lowest BCUT2D eigenvalue weighted by Crippen LogP contribution is -2.11. The van der Waals surface area contributed by atoms with Crippen molar-refractivity contribution in [2.24, 2.45) is 0 Å². The molecule has 106 valence electrons. The highest BCUT2D eigenvalue weighted by molar-refractivity contribution is 5.79. The predicted octanol–water partition coefficient (Wildman–Crippen LogP) is 3.97. The van der Waals surface area contributed by atoms with Crippen LogP contribution in [0.2, 0.25) is 0 Å². The van der Waals surface area contributed by atoms with Crippen molar-refractivity contribution in [3.63, 3.8) is 0 Å². The van der Waals surface area contributed by atoms with Gasteiger partial charge in [0.05, 0.1) is 5.57 Å². The Bertz CT molecular complexity index is 782. The molecule has 1 aliphatic heterocycles. The van der Waals surface area contributed by atoms with E-state index in [0.29, 0.717) is 11.4 Å². The number of hydrogen-bond donors (Lipinski definition) is 1. The van der Waals surface area contributed by atoms with Crippen molar-refractivity contribution in [3.05, 3.63) is 59.8 Å². The molecule has 0 spiro atoms. The summed E-state index contributed by atoms with van der Waals surface area (Å²) >= 11 is 0. The number of nitrogens with zero attached hydrogens (tertiary/aromatic N) is 1. The quantitative estimate of drug-likeness (QED) is 0.685. The van der Waals surface area contributed by atoms with Gasteiger partial charge in [0.1, 0.15) is 5.75 Å². The van der Waals surface area contributed by atoms with E-state index >= 15 is 0 Å². The lowest BCUT2D eigenvalue weighted by atomic mass is 10.2. The number of halogens is 2. The van der Waals surface area contributed by atoms with Crippen LogP contribution in [0.15, 0.2) is 48.2 Å². The third kappa shape index (κ3) is 2.63. The minimum Gasteiger partial charge on any atom is -0.450 e. The molecule has 21 heavy (non-hydrogen) atoms. The van der Waals surface area contributed by atoms with Crippen LogP contribution < -0.4 is 10.5 Å². The van der Waals surface area contributed by atoms with E-state index < -0.39 is 11.6 Å². The Hall–Kier alpha value is -2.69. The summed E-state index contributed by atoms with van der Waals surface area (Å²) < 4.78 is 33.7. The van der Waals surface area contributed by atoms with Crippen molar-refractivity contribution in [2.45, 2.75) is 6.92 Å². The number of nitrogen functional groups attached to an aromatic ring is 1. The van der Waals surface area contributed by atoms with Crippen molar-refractivity contribution in [2.75, 3.05) is 5.73 Å². The molecule has 0 atom stereocenters. The Morgan fingerprint density at radius 1 is 1.05 bits per heavy atom. The van der Waals surface area contributed by atoms with Crippen LogP contribution >= 0.6 is 0 Å². The second-order valence-corrected chi connectivity index (χ2v) is 4.81. The molecule has 0 amide bonds. The Morgan fingerprint density at radius 2 is 1.81 bits per heavy atom. The van der Waals surface area contributed by atoms with E-state index in [9.17, 15) is 8.78 Å². The maximum Gasteiger partial charge on any atom is 0.253 e. The van der Waals surface area contributed by atoms with Crippen LogP contribution in [0.1, 0.15) is 6.92 Å². The van der Waals surface area contributed by atoms with E-state index in [1.165, 1.54) is 6.07 Å². The topological polar surface area (TPSA) is 38.3 Å². The average Bonchev–Trinajstić information content (AvgIpc) is 2.40. The second-order valence-electron chi connectivity index (χ2n) is 4.81. The summed E-state index contributed by atoms with van der Waals surface area (Å²) in [4.78, 5) is 0. The molecule has 0 saturated carbocycles. The summed E-state index contributed by atoms with van der Waals surface area (Å²) in [6.45, 7) is 1.98. The lowest BCUT2D eigenvalue weighted by molar-refractivity contribution is -0.368. The van der Waals surface area contributed by atoms with Crippen LogP contribution in [-0.2, 0) is 0 Å². The summed E-state index contributed by atoms with van der Waals surface area (Å²) in [6.07, 6.45) is 3.87. The van der Waals surface area contributed by atoms with Crippen molar-refractivity contribution in [1.29, 1.82) is 0 Å².